The Balaban J connectivity index is 1.48. The highest BCUT2D eigenvalue weighted by molar-refractivity contribution is 5.91. The van der Waals surface area contributed by atoms with Gasteiger partial charge in [0.05, 0.1) is 12.8 Å². The number of fused-ring (bicyclic) bond motifs is 1. The quantitative estimate of drug-likeness (QED) is 0.591. The van der Waals surface area contributed by atoms with Gasteiger partial charge in [-0.05, 0) is 30.2 Å². The molecule has 2 heterocycles. The average Bonchev–Trinajstić information content (AvgIpc) is 2.80. The largest absolute Gasteiger partial charge is 0.486 e. The van der Waals surface area contributed by atoms with Gasteiger partial charge in [0.15, 0.2) is 17.2 Å². The molecule has 32 heavy (non-hydrogen) atoms. The molecule has 1 aliphatic heterocycles. The van der Waals surface area contributed by atoms with Crippen LogP contribution < -0.4 is 25.0 Å². The predicted octanol–water partition coefficient (Wildman–Crippen LogP) is 2.64. The normalized spacial score (nSPS) is 12.3. The van der Waals surface area contributed by atoms with Gasteiger partial charge in [-0.2, -0.15) is 0 Å². The summed E-state index contributed by atoms with van der Waals surface area (Å²) in [6.07, 6.45) is 1.45. The first kappa shape index (κ1) is 21.5. The smallest absolute Gasteiger partial charge is 0.244 e. The molecule has 0 fully saturated rings. The first-order valence-electron chi connectivity index (χ1n) is 10.2. The fourth-order valence-electron chi connectivity index (χ4n) is 3.39. The molecule has 0 saturated heterocycles. The number of ether oxygens (including phenoxy) is 3. The fourth-order valence-corrected chi connectivity index (χ4v) is 3.39. The maximum Gasteiger partial charge on any atom is 0.244 e. The van der Waals surface area contributed by atoms with E-state index in [-0.39, 0.29) is 36.8 Å². The maximum atomic E-state index is 12.6. The zero-order valence-corrected chi connectivity index (χ0v) is 17.7. The van der Waals surface area contributed by atoms with Crippen molar-refractivity contribution in [2.75, 3.05) is 18.5 Å². The number of aromatic nitrogens is 1. The Morgan fingerprint density at radius 2 is 1.91 bits per heavy atom. The monoisotopic (exact) mass is 436 g/mol. The second kappa shape index (κ2) is 9.57. The molecule has 166 valence electrons. The zero-order valence-electron chi connectivity index (χ0n) is 17.7. The van der Waals surface area contributed by atoms with Gasteiger partial charge in [0.2, 0.25) is 11.3 Å². The SMILES string of the molecule is Cc1ccccc1COc1cn(CC(=O)Nc2ccc3c(c2)OCCO3)c(CO)cc1=O. The second-order valence-corrected chi connectivity index (χ2v) is 7.40. The number of aryl methyl sites for hydroxylation is 1. The van der Waals surface area contributed by atoms with Gasteiger partial charge < -0.3 is 29.2 Å². The fraction of sp³-hybridized carbons (Fsp3) is 0.250. The van der Waals surface area contributed by atoms with Crippen LogP contribution in [0.5, 0.6) is 17.2 Å². The Bertz CT molecular complexity index is 1190. The number of hydrogen-bond donors (Lipinski definition) is 2. The first-order valence-corrected chi connectivity index (χ1v) is 10.2. The van der Waals surface area contributed by atoms with Gasteiger partial charge in [-0.1, -0.05) is 24.3 Å². The zero-order chi connectivity index (χ0) is 22.5. The van der Waals surface area contributed by atoms with Crippen molar-refractivity contribution in [3.8, 4) is 17.2 Å². The van der Waals surface area contributed by atoms with Crippen LogP contribution in [0.2, 0.25) is 0 Å². The van der Waals surface area contributed by atoms with Gasteiger partial charge in [0.25, 0.3) is 0 Å². The van der Waals surface area contributed by atoms with E-state index in [1.807, 2.05) is 31.2 Å². The molecule has 2 N–H and O–H groups in total. The summed E-state index contributed by atoms with van der Waals surface area (Å²) in [5, 5.41) is 12.4. The van der Waals surface area contributed by atoms with Crippen LogP contribution in [0.1, 0.15) is 16.8 Å². The van der Waals surface area contributed by atoms with E-state index in [2.05, 4.69) is 5.32 Å². The molecule has 1 aromatic heterocycles. The third-order valence-corrected chi connectivity index (χ3v) is 5.13. The van der Waals surface area contributed by atoms with Gasteiger partial charge in [0, 0.05) is 23.5 Å². The summed E-state index contributed by atoms with van der Waals surface area (Å²) in [6, 6.07) is 14.2. The number of nitrogens with zero attached hydrogens (tertiary/aromatic N) is 1. The Kier molecular flexibility index (Phi) is 6.42. The lowest BCUT2D eigenvalue weighted by atomic mass is 10.1. The number of anilines is 1. The molecular formula is C24H24N2O6. The van der Waals surface area contributed by atoms with Crippen LogP contribution >= 0.6 is 0 Å². The molecule has 8 nitrogen and oxygen atoms in total. The molecule has 2 aromatic carbocycles. The molecule has 3 aromatic rings. The van der Waals surface area contributed by atoms with Gasteiger partial charge >= 0.3 is 0 Å². The Morgan fingerprint density at radius 1 is 1.12 bits per heavy atom. The van der Waals surface area contributed by atoms with E-state index in [0.29, 0.717) is 36.1 Å². The van der Waals surface area contributed by atoms with E-state index < -0.39 is 0 Å². The number of aliphatic hydroxyl groups excluding tert-OH is 1. The van der Waals surface area contributed by atoms with Crippen molar-refractivity contribution in [2.45, 2.75) is 26.7 Å². The minimum Gasteiger partial charge on any atom is -0.486 e. The number of benzene rings is 2. The van der Waals surface area contributed by atoms with Crippen molar-refractivity contribution >= 4 is 11.6 Å². The number of nitrogens with one attached hydrogen (secondary N) is 1. The highest BCUT2D eigenvalue weighted by Gasteiger charge is 2.15. The number of aliphatic hydroxyl groups is 1. The summed E-state index contributed by atoms with van der Waals surface area (Å²) >= 11 is 0. The van der Waals surface area contributed by atoms with Crippen molar-refractivity contribution in [3.63, 3.8) is 0 Å². The van der Waals surface area contributed by atoms with Crippen molar-refractivity contribution in [1.29, 1.82) is 0 Å². The van der Waals surface area contributed by atoms with Crippen molar-refractivity contribution < 1.29 is 24.1 Å². The van der Waals surface area contributed by atoms with Crippen LogP contribution in [0.25, 0.3) is 0 Å². The van der Waals surface area contributed by atoms with Gasteiger partial charge in [-0.25, -0.2) is 0 Å². The minimum absolute atomic E-state index is 0.106. The molecular weight excluding hydrogens is 412 g/mol. The lowest BCUT2D eigenvalue weighted by molar-refractivity contribution is -0.116. The van der Waals surface area contributed by atoms with Gasteiger partial charge in [-0.15, -0.1) is 0 Å². The van der Waals surface area contributed by atoms with E-state index in [0.717, 1.165) is 11.1 Å². The number of carbonyl (C=O) groups excluding carboxylic acids is 1. The summed E-state index contributed by atoms with van der Waals surface area (Å²) in [5.74, 6) is 0.982. The number of carbonyl (C=O) groups is 1. The first-order chi connectivity index (χ1) is 15.5. The molecule has 0 spiro atoms. The number of amides is 1. The summed E-state index contributed by atoms with van der Waals surface area (Å²) in [7, 11) is 0. The number of rotatable bonds is 7. The Hall–Kier alpha value is -3.78. The molecule has 0 saturated carbocycles. The molecule has 0 bridgehead atoms. The second-order valence-electron chi connectivity index (χ2n) is 7.40. The molecule has 8 heteroatoms. The predicted molar refractivity (Wildman–Crippen MR) is 118 cm³/mol. The standard InChI is InChI=1S/C24H24N2O6/c1-16-4-2-3-5-17(16)15-32-23-12-26(19(14-27)11-20(23)28)13-24(29)25-18-6-7-21-22(10-18)31-9-8-30-21/h2-7,10-12,27H,8-9,13-15H2,1H3,(H,25,29). The van der Waals surface area contributed by atoms with Gasteiger partial charge in [-0.3, -0.25) is 9.59 Å². The van der Waals surface area contributed by atoms with Gasteiger partial charge in [0.1, 0.15) is 26.4 Å². The highest BCUT2D eigenvalue weighted by Crippen LogP contribution is 2.32. The summed E-state index contributed by atoms with van der Waals surface area (Å²) in [4.78, 5) is 25.0. The van der Waals surface area contributed by atoms with Crippen LogP contribution in [-0.4, -0.2) is 28.8 Å². The van der Waals surface area contributed by atoms with E-state index in [9.17, 15) is 14.7 Å². The lowest BCUT2D eigenvalue weighted by Crippen LogP contribution is -2.23. The van der Waals surface area contributed by atoms with Crippen LogP contribution in [0.4, 0.5) is 5.69 Å². The van der Waals surface area contributed by atoms with Crippen molar-refractivity contribution in [3.05, 3.63) is 81.8 Å². The van der Waals surface area contributed by atoms with Crippen LogP contribution in [0.3, 0.4) is 0 Å². The van der Waals surface area contributed by atoms with E-state index >= 15 is 0 Å². The van der Waals surface area contributed by atoms with E-state index in [4.69, 9.17) is 14.2 Å². The third-order valence-electron chi connectivity index (χ3n) is 5.13. The number of pyridine rings is 1. The average molecular weight is 436 g/mol. The minimum atomic E-state index is -0.384. The molecule has 0 unspecified atom stereocenters. The third kappa shape index (κ3) is 4.92. The van der Waals surface area contributed by atoms with E-state index in [1.54, 1.807) is 18.2 Å². The van der Waals surface area contributed by atoms with Crippen molar-refractivity contribution in [1.82, 2.24) is 4.57 Å². The summed E-state index contributed by atoms with van der Waals surface area (Å²) in [6.45, 7) is 2.64. The van der Waals surface area contributed by atoms with Crippen LogP contribution in [0.15, 0.2) is 59.5 Å². The molecule has 0 radical (unpaired) electrons. The lowest BCUT2D eigenvalue weighted by Gasteiger charge is -2.19. The Labute approximate surface area is 185 Å². The maximum absolute atomic E-state index is 12.6. The molecule has 4 rings (SSSR count). The van der Waals surface area contributed by atoms with Crippen LogP contribution in [-0.2, 0) is 24.6 Å². The topological polar surface area (TPSA) is 99.0 Å². The number of hydrogen-bond acceptors (Lipinski definition) is 6. The molecule has 1 aliphatic rings. The molecule has 1 amide bonds. The molecule has 0 aliphatic carbocycles. The van der Waals surface area contributed by atoms with Crippen LogP contribution in [0, 0.1) is 6.92 Å². The highest BCUT2D eigenvalue weighted by atomic mass is 16.6. The van der Waals surface area contributed by atoms with Crippen molar-refractivity contribution in [2.24, 2.45) is 0 Å². The van der Waals surface area contributed by atoms with E-state index in [1.165, 1.54) is 16.8 Å². The summed E-state index contributed by atoms with van der Waals surface area (Å²) < 4.78 is 18.2. The summed E-state index contributed by atoms with van der Waals surface area (Å²) in [5.41, 5.74) is 2.53. The molecule has 0 atom stereocenters. The Morgan fingerprint density at radius 3 is 2.69 bits per heavy atom.